The zero-order valence-corrected chi connectivity index (χ0v) is 14.1. The summed E-state index contributed by atoms with van der Waals surface area (Å²) in [6, 6.07) is 8.85. The second-order valence-electron chi connectivity index (χ2n) is 7.73. The Balaban J connectivity index is 2.12. The third-order valence-corrected chi connectivity index (χ3v) is 4.58. The summed E-state index contributed by atoms with van der Waals surface area (Å²) in [4.78, 5) is 12.2. The Morgan fingerprint density at radius 2 is 1.71 bits per heavy atom. The maximum atomic E-state index is 12.2. The summed E-state index contributed by atoms with van der Waals surface area (Å²) in [5, 5.41) is 3.25. The molecule has 0 aromatic heterocycles. The minimum Gasteiger partial charge on any atom is -0.349 e. The van der Waals surface area contributed by atoms with Crippen molar-refractivity contribution in [3.63, 3.8) is 0 Å². The van der Waals surface area contributed by atoms with Gasteiger partial charge in [0.1, 0.15) is 0 Å². The molecule has 2 heteroatoms. The minimum atomic E-state index is 0.118. The summed E-state index contributed by atoms with van der Waals surface area (Å²) < 4.78 is 0. The van der Waals surface area contributed by atoms with Gasteiger partial charge in [0.15, 0.2) is 0 Å². The highest BCUT2D eigenvalue weighted by Crippen LogP contribution is 2.30. The van der Waals surface area contributed by atoms with E-state index in [0.717, 1.165) is 12.8 Å². The molecule has 1 saturated carbocycles. The topological polar surface area (TPSA) is 29.1 Å². The molecule has 1 fully saturated rings. The first kappa shape index (κ1) is 16.1. The number of carbonyl (C=O) groups is 1. The van der Waals surface area contributed by atoms with Crippen molar-refractivity contribution >= 4 is 5.91 Å². The van der Waals surface area contributed by atoms with Gasteiger partial charge in [-0.15, -0.1) is 0 Å². The van der Waals surface area contributed by atoms with Crippen molar-refractivity contribution in [3.8, 4) is 0 Å². The smallest absolute Gasteiger partial charge is 0.223 e. The van der Waals surface area contributed by atoms with E-state index in [9.17, 15) is 4.79 Å². The van der Waals surface area contributed by atoms with Gasteiger partial charge < -0.3 is 5.32 Å². The van der Waals surface area contributed by atoms with Crippen LogP contribution in [0.5, 0.6) is 0 Å². The number of benzene rings is 1. The standard InChI is InChI=1S/C19H29NO/c1-13(2)17(20-18(21)15-7-6-8-15)14-9-11-16(12-10-14)19(3,4)5/h9-13,15,17H,6-8H2,1-5H3,(H,20,21)/t17-/m0/s1. The molecule has 0 aliphatic heterocycles. The van der Waals surface area contributed by atoms with Gasteiger partial charge in [0, 0.05) is 5.92 Å². The molecule has 1 atom stereocenters. The molecule has 1 amide bonds. The normalized spacial score (nSPS) is 17.4. The summed E-state index contributed by atoms with van der Waals surface area (Å²) >= 11 is 0. The van der Waals surface area contributed by atoms with Crippen molar-refractivity contribution in [1.82, 2.24) is 5.32 Å². The van der Waals surface area contributed by atoms with Crippen molar-refractivity contribution in [2.75, 3.05) is 0 Å². The first-order valence-electron chi connectivity index (χ1n) is 8.20. The number of rotatable bonds is 4. The minimum absolute atomic E-state index is 0.118. The highest BCUT2D eigenvalue weighted by molar-refractivity contribution is 5.79. The fraction of sp³-hybridized carbons (Fsp3) is 0.632. The lowest BCUT2D eigenvalue weighted by Gasteiger charge is -2.30. The SMILES string of the molecule is CC(C)[C@H](NC(=O)C1CCC1)c1ccc(C(C)(C)C)cc1. The van der Waals surface area contributed by atoms with E-state index in [1.807, 2.05) is 0 Å². The van der Waals surface area contributed by atoms with Crippen molar-refractivity contribution in [3.05, 3.63) is 35.4 Å². The molecule has 2 rings (SSSR count). The fourth-order valence-corrected chi connectivity index (χ4v) is 2.77. The van der Waals surface area contributed by atoms with Crippen molar-refractivity contribution < 1.29 is 4.79 Å². The van der Waals surface area contributed by atoms with E-state index in [0.29, 0.717) is 5.92 Å². The molecular formula is C19H29NO. The maximum Gasteiger partial charge on any atom is 0.223 e. The maximum absolute atomic E-state index is 12.2. The van der Waals surface area contributed by atoms with E-state index in [1.165, 1.54) is 17.5 Å². The van der Waals surface area contributed by atoms with Gasteiger partial charge in [-0.2, -0.15) is 0 Å². The third kappa shape index (κ3) is 3.87. The van der Waals surface area contributed by atoms with E-state index >= 15 is 0 Å². The van der Waals surface area contributed by atoms with Crippen LogP contribution in [0.4, 0.5) is 0 Å². The second-order valence-corrected chi connectivity index (χ2v) is 7.73. The molecule has 1 aromatic carbocycles. The molecule has 0 saturated heterocycles. The Kier molecular flexibility index (Phi) is 4.75. The molecule has 1 aliphatic rings. The molecule has 2 nitrogen and oxygen atoms in total. The van der Waals surface area contributed by atoms with Crippen molar-refractivity contribution in [1.29, 1.82) is 0 Å². The molecule has 0 bridgehead atoms. The number of carbonyl (C=O) groups excluding carboxylic acids is 1. The van der Waals surface area contributed by atoms with Crippen LogP contribution in [0.2, 0.25) is 0 Å². The Morgan fingerprint density at radius 1 is 1.14 bits per heavy atom. The first-order valence-corrected chi connectivity index (χ1v) is 8.20. The van der Waals surface area contributed by atoms with Crippen LogP contribution >= 0.6 is 0 Å². The lowest BCUT2D eigenvalue weighted by atomic mass is 9.83. The number of amides is 1. The Hall–Kier alpha value is -1.31. The summed E-state index contributed by atoms with van der Waals surface area (Å²) in [6.07, 6.45) is 3.31. The Morgan fingerprint density at radius 3 is 2.10 bits per heavy atom. The Labute approximate surface area is 129 Å². The monoisotopic (exact) mass is 287 g/mol. The quantitative estimate of drug-likeness (QED) is 0.861. The van der Waals surface area contributed by atoms with Crippen LogP contribution in [0.15, 0.2) is 24.3 Å². The van der Waals surface area contributed by atoms with Crippen LogP contribution in [0.1, 0.15) is 71.0 Å². The van der Waals surface area contributed by atoms with Gasteiger partial charge in [0.25, 0.3) is 0 Å². The van der Waals surface area contributed by atoms with Crippen LogP contribution < -0.4 is 5.32 Å². The van der Waals surface area contributed by atoms with Gasteiger partial charge in [-0.25, -0.2) is 0 Å². The number of hydrogen-bond acceptors (Lipinski definition) is 1. The van der Waals surface area contributed by atoms with Crippen molar-refractivity contribution in [2.45, 2.75) is 65.3 Å². The zero-order valence-electron chi connectivity index (χ0n) is 14.1. The van der Waals surface area contributed by atoms with Crippen LogP contribution in [0.25, 0.3) is 0 Å². The van der Waals surface area contributed by atoms with E-state index in [-0.39, 0.29) is 23.3 Å². The molecule has 1 aliphatic carbocycles. The van der Waals surface area contributed by atoms with Gasteiger partial charge in [-0.1, -0.05) is 65.3 Å². The average molecular weight is 287 g/mol. The second kappa shape index (κ2) is 6.21. The van der Waals surface area contributed by atoms with Gasteiger partial charge in [-0.3, -0.25) is 4.79 Å². The fourth-order valence-electron chi connectivity index (χ4n) is 2.77. The van der Waals surface area contributed by atoms with Gasteiger partial charge in [0.2, 0.25) is 5.91 Å². The molecule has 116 valence electrons. The summed E-state index contributed by atoms with van der Waals surface area (Å²) in [7, 11) is 0. The zero-order chi connectivity index (χ0) is 15.6. The molecule has 1 aromatic rings. The first-order chi connectivity index (χ1) is 9.79. The molecule has 21 heavy (non-hydrogen) atoms. The summed E-state index contributed by atoms with van der Waals surface area (Å²) in [6.45, 7) is 11.0. The van der Waals surface area contributed by atoms with Crippen LogP contribution in [-0.2, 0) is 10.2 Å². The largest absolute Gasteiger partial charge is 0.349 e. The van der Waals surface area contributed by atoms with E-state index in [2.05, 4.69) is 64.2 Å². The van der Waals surface area contributed by atoms with Crippen LogP contribution in [0.3, 0.4) is 0 Å². The van der Waals surface area contributed by atoms with Gasteiger partial charge in [-0.05, 0) is 35.3 Å². The van der Waals surface area contributed by atoms with Crippen LogP contribution in [0, 0.1) is 11.8 Å². The highest BCUT2D eigenvalue weighted by Gasteiger charge is 2.28. The van der Waals surface area contributed by atoms with Gasteiger partial charge >= 0.3 is 0 Å². The van der Waals surface area contributed by atoms with E-state index < -0.39 is 0 Å². The van der Waals surface area contributed by atoms with Crippen LogP contribution in [-0.4, -0.2) is 5.91 Å². The average Bonchev–Trinajstić information content (AvgIpc) is 2.32. The van der Waals surface area contributed by atoms with E-state index in [1.54, 1.807) is 0 Å². The predicted molar refractivity (Wildman–Crippen MR) is 88.2 cm³/mol. The van der Waals surface area contributed by atoms with Gasteiger partial charge in [0.05, 0.1) is 6.04 Å². The number of hydrogen-bond donors (Lipinski definition) is 1. The van der Waals surface area contributed by atoms with E-state index in [4.69, 9.17) is 0 Å². The lowest BCUT2D eigenvalue weighted by molar-refractivity contribution is -0.128. The lowest BCUT2D eigenvalue weighted by Crippen LogP contribution is -2.38. The Bertz CT molecular complexity index is 477. The third-order valence-electron chi connectivity index (χ3n) is 4.58. The molecule has 0 spiro atoms. The molecule has 1 N–H and O–H groups in total. The molecule has 0 unspecified atom stereocenters. The molecular weight excluding hydrogens is 258 g/mol. The molecule has 0 radical (unpaired) electrons. The highest BCUT2D eigenvalue weighted by atomic mass is 16.2. The molecule has 0 heterocycles. The predicted octanol–water partition coefficient (Wildman–Crippen LogP) is 4.60. The van der Waals surface area contributed by atoms with Crippen molar-refractivity contribution in [2.24, 2.45) is 11.8 Å². The summed E-state index contributed by atoms with van der Waals surface area (Å²) in [5.74, 6) is 0.884. The summed E-state index contributed by atoms with van der Waals surface area (Å²) in [5.41, 5.74) is 2.71. The number of nitrogens with one attached hydrogen (secondary N) is 1.